The molecule has 0 saturated carbocycles. The highest BCUT2D eigenvalue weighted by Gasteiger charge is 2.13. The van der Waals surface area contributed by atoms with Crippen LogP contribution in [0.5, 0.6) is 0 Å². The molecular formula is C14H22N2. The molecule has 0 aliphatic carbocycles. The van der Waals surface area contributed by atoms with Crippen molar-refractivity contribution in [2.45, 2.75) is 33.2 Å². The Balaban J connectivity index is 2.22. The molecule has 1 heterocycles. The van der Waals surface area contributed by atoms with Crippen molar-refractivity contribution in [1.82, 2.24) is 5.32 Å². The van der Waals surface area contributed by atoms with Gasteiger partial charge in [0.25, 0.3) is 0 Å². The standard InChI is InChI=1S/C14H22N2/c1-3-4-8-16-9-7-15-11-13-10-12(2)5-6-14(13)16/h5-6,10,15H,3-4,7-9,11H2,1-2H3. The van der Waals surface area contributed by atoms with E-state index in [2.05, 4.69) is 42.3 Å². The van der Waals surface area contributed by atoms with Crippen molar-refractivity contribution in [2.75, 3.05) is 24.5 Å². The zero-order valence-corrected chi connectivity index (χ0v) is 10.4. The third-order valence-electron chi connectivity index (χ3n) is 3.23. The van der Waals surface area contributed by atoms with E-state index in [4.69, 9.17) is 0 Å². The van der Waals surface area contributed by atoms with E-state index < -0.39 is 0 Å². The predicted octanol–water partition coefficient (Wildman–Crippen LogP) is 2.70. The van der Waals surface area contributed by atoms with E-state index in [0.29, 0.717) is 0 Å². The highest BCUT2D eigenvalue weighted by molar-refractivity contribution is 5.55. The summed E-state index contributed by atoms with van der Waals surface area (Å²) in [4.78, 5) is 2.53. The SMILES string of the molecule is CCCCN1CCNCc2cc(C)ccc21. The quantitative estimate of drug-likeness (QED) is 0.839. The van der Waals surface area contributed by atoms with Gasteiger partial charge < -0.3 is 10.2 Å². The summed E-state index contributed by atoms with van der Waals surface area (Å²) in [5.41, 5.74) is 4.25. The number of hydrogen-bond acceptors (Lipinski definition) is 2. The minimum atomic E-state index is 1.01. The maximum Gasteiger partial charge on any atom is 0.0412 e. The second-order valence-electron chi connectivity index (χ2n) is 4.65. The van der Waals surface area contributed by atoms with Crippen LogP contribution in [-0.4, -0.2) is 19.6 Å². The van der Waals surface area contributed by atoms with Crippen LogP contribution in [0.2, 0.25) is 0 Å². The van der Waals surface area contributed by atoms with E-state index >= 15 is 0 Å². The summed E-state index contributed by atoms with van der Waals surface area (Å²) in [6.45, 7) is 8.86. The van der Waals surface area contributed by atoms with Gasteiger partial charge in [0.1, 0.15) is 0 Å². The summed E-state index contributed by atoms with van der Waals surface area (Å²) >= 11 is 0. The number of nitrogens with one attached hydrogen (secondary N) is 1. The highest BCUT2D eigenvalue weighted by atomic mass is 15.2. The summed E-state index contributed by atoms with van der Waals surface area (Å²) < 4.78 is 0. The van der Waals surface area contributed by atoms with E-state index in [1.807, 2.05) is 0 Å². The third kappa shape index (κ3) is 2.56. The number of anilines is 1. The molecule has 0 saturated heterocycles. The molecule has 0 bridgehead atoms. The number of nitrogens with zero attached hydrogens (tertiary/aromatic N) is 1. The molecule has 2 rings (SSSR count). The first-order valence-corrected chi connectivity index (χ1v) is 6.36. The van der Waals surface area contributed by atoms with Crippen LogP contribution < -0.4 is 10.2 Å². The molecule has 0 aromatic heterocycles. The van der Waals surface area contributed by atoms with Crippen LogP contribution in [0, 0.1) is 6.92 Å². The van der Waals surface area contributed by atoms with Gasteiger partial charge in [0.15, 0.2) is 0 Å². The van der Waals surface area contributed by atoms with Crippen molar-refractivity contribution < 1.29 is 0 Å². The van der Waals surface area contributed by atoms with Crippen LogP contribution in [-0.2, 0) is 6.54 Å². The second kappa shape index (κ2) is 5.35. The Morgan fingerprint density at radius 3 is 3.06 bits per heavy atom. The van der Waals surface area contributed by atoms with E-state index in [1.165, 1.54) is 36.2 Å². The summed E-state index contributed by atoms with van der Waals surface area (Å²) in [7, 11) is 0. The molecule has 1 aliphatic heterocycles. The zero-order valence-electron chi connectivity index (χ0n) is 10.4. The zero-order chi connectivity index (χ0) is 11.4. The van der Waals surface area contributed by atoms with E-state index in [1.54, 1.807) is 0 Å². The Labute approximate surface area is 98.7 Å². The van der Waals surface area contributed by atoms with E-state index in [-0.39, 0.29) is 0 Å². The number of hydrogen-bond donors (Lipinski definition) is 1. The van der Waals surface area contributed by atoms with E-state index in [9.17, 15) is 0 Å². The van der Waals surface area contributed by atoms with Crippen LogP contribution in [0.3, 0.4) is 0 Å². The molecule has 1 aromatic rings. The fourth-order valence-corrected chi connectivity index (χ4v) is 2.30. The smallest absolute Gasteiger partial charge is 0.0412 e. The molecule has 88 valence electrons. The number of aryl methyl sites for hydroxylation is 1. The summed E-state index contributed by atoms with van der Waals surface area (Å²) in [5, 5.41) is 3.50. The third-order valence-corrected chi connectivity index (χ3v) is 3.23. The first-order chi connectivity index (χ1) is 7.81. The molecule has 0 amide bonds. The minimum Gasteiger partial charge on any atom is -0.370 e. The van der Waals surface area contributed by atoms with Gasteiger partial charge in [-0.1, -0.05) is 31.0 Å². The Bertz CT molecular complexity index is 347. The molecule has 0 radical (unpaired) electrons. The van der Waals surface area contributed by atoms with Crippen molar-refractivity contribution in [3.8, 4) is 0 Å². The fourth-order valence-electron chi connectivity index (χ4n) is 2.30. The van der Waals surface area contributed by atoms with Gasteiger partial charge in [-0.15, -0.1) is 0 Å². The van der Waals surface area contributed by atoms with Gasteiger partial charge >= 0.3 is 0 Å². The first kappa shape index (κ1) is 11.5. The Hall–Kier alpha value is -1.02. The van der Waals surface area contributed by atoms with Gasteiger partial charge in [0.2, 0.25) is 0 Å². The van der Waals surface area contributed by atoms with Gasteiger partial charge in [0, 0.05) is 31.9 Å². The maximum atomic E-state index is 3.50. The van der Waals surface area contributed by atoms with Crippen LogP contribution >= 0.6 is 0 Å². The van der Waals surface area contributed by atoms with Gasteiger partial charge in [-0.25, -0.2) is 0 Å². The van der Waals surface area contributed by atoms with Crippen LogP contribution in [0.1, 0.15) is 30.9 Å². The van der Waals surface area contributed by atoms with Crippen LogP contribution in [0.15, 0.2) is 18.2 Å². The molecule has 2 heteroatoms. The van der Waals surface area contributed by atoms with Gasteiger partial charge in [-0.3, -0.25) is 0 Å². The van der Waals surface area contributed by atoms with Crippen molar-refractivity contribution >= 4 is 5.69 Å². The first-order valence-electron chi connectivity index (χ1n) is 6.36. The molecule has 0 spiro atoms. The molecule has 0 unspecified atom stereocenters. The Morgan fingerprint density at radius 2 is 2.25 bits per heavy atom. The number of fused-ring (bicyclic) bond motifs is 1. The van der Waals surface area contributed by atoms with Crippen molar-refractivity contribution in [1.29, 1.82) is 0 Å². The molecule has 1 N–H and O–H groups in total. The number of rotatable bonds is 3. The second-order valence-corrected chi connectivity index (χ2v) is 4.65. The molecule has 1 aromatic carbocycles. The molecule has 16 heavy (non-hydrogen) atoms. The normalized spacial score (nSPS) is 15.8. The average molecular weight is 218 g/mol. The summed E-state index contributed by atoms with van der Waals surface area (Å²) in [6.07, 6.45) is 2.55. The van der Waals surface area contributed by atoms with Gasteiger partial charge in [-0.05, 0) is 25.0 Å². The van der Waals surface area contributed by atoms with Crippen LogP contribution in [0.25, 0.3) is 0 Å². The number of unbranched alkanes of at least 4 members (excludes halogenated alkanes) is 1. The largest absolute Gasteiger partial charge is 0.370 e. The predicted molar refractivity (Wildman–Crippen MR) is 70.0 cm³/mol. The lowest BCUT2D eigenvalue weighted by molar-refractivity contribution is 0.669. The van der Waals surface area contributed by atoms with Crippen molar-refractivity contribution in [3.63, 3.8) is 0 Å². The summed E-state index contributed by atoms with van der Waals surface area (Å²) in [6, 6.07) is 6.82. The van der Waals surface area contributed by atoms with Gasteiger partial charge in [0.05, 0.1) is 0 Å². The monoisotopic (exact) mass is 218 g/mol. The topological polar surface area (TPSA) is 15.3 Å². The molecule has 2 nitrogen and oxygen atoms in total. The molecule has 1 aliphatic rings. The Kier molecular flexibility index (Phi) is 3.83. The average Bonchev–Trinajstić information content (AvgIpc) is 2.48. The fraction of sp³-hybridized carbons (Fsp3) is 0.571. The van der Waals surface area contributed by atoms with E-state index in [0.717, 1.165) is 19.6 Å². The van der Waals surface area contributed by atoms with Crippen LogP contribution in [0.4, 0.5) is 5.69 Å². The summed E-state index contributed by atoms with van der Waals surface area (Å²) in [5.74, 6) is 0. The highest BCUT2D eigenvalue weighted by Crippen LogP contribution is 2.23. The van der Waals surface area contributed by atoms with Crippen molar-refractivity contribution in [2.24, 2.45) is 0 Å². The number of benzene rings is 1. The maximum absolute atomic E-state index is 3.50. The Morgan fingerprint density at radius 1 is 1.38 bits per heavy atom. The lowest BCUT2D eigenvalue weighted by Crippen LogP contribution is -2.29. The minimum absolute atomic E-state index is 1.01. The molecule has 0 atom stereocenters. The molecular weight excluding hydrogens is 196 g/mol. The molecule has 0 fully saturated rings. The lowest BCUT2D eigenvalue weighted by atomic mass is 10.1. The lowest BCUT2D eigenvalue weighted by Gasteiger charge is -2.24. The van der Waals surface area contributed by atoms with Gasteiger partial charge in [-0.2, -0.15) is 0 Å². The van der Waals surface area contributed by atoms with Crippen molar-refractivity contribution in [3.05, 3.63) is 29.3 Å².